The lowest BCUT2D eigenvalue weighted by Gasteiger charge is -2.15. The van der Waals surface area contributed by atoms with Crippen molar-refractivity contribution in [1.82, 2.24) is 4.98 Å². The highest BCUT2D eigenvalue weighted by atomic mass is 35.5. The standard InChI is InChI=1S/C14H13ClFNO3S/c1-2-21-13(6-20-7-18)9-5-17-12-4-10(15)11(16)3-8(12)14(9)19/h3-5,7,13H,2,6H2,1H3,(H,17,19). The van der Waals surface area contributed by atoms with E-state index in [9.17, 15) is 14.0 Å². The van der Waals surface area contributed by atoms with Gasteiger partial charge in [0.25, 0.3) is 6.47 Å². The molecule has 0 bridgehead atoms. The van der Waals surface area contributed by atoms with Crippen molar-refractivity contribution < 1.29 is 13.9 Å². The predicted octanol–water partition coefficient (Wildman–Crippen LogP) is 3.29. The van der Waals surface area contributed by atoms with Crippen molar-refractivity contribution in [1.29, 1.82) is 0 Å². The van der Waals surface area contributed by atoms with Crippen LogP contribution in [0.4, 0.5) is 4.39 Å². The van der Waals surface area contributed by atoms with Gasteiger partial charge in [-0.3, -0.25) is 9.59 Å². The van der Waals surface area contributed by atoms with E-state index in [1.54, 1.807) is 6.20 Å². The average Bonchev–Trinajstić information content (AvgIpc) is 2.46. The van der Waals surface area contributed by atoms with Gasteiger partial charge in [-0.15, -0.1) is 0 Å². The van der Waals surface area contributed by atoms with Crippen molar-refractivity contribution >= 4 is 40.7 Å². The van der Waals surface area contributed by atoms with Gasteiger partial charge in [-0.1, -0.05) is 18.5 Å². The SMILES string of the molecule is CCSC(COC=O)c1c[nH]c2cc(Cl)c(F)cc2c1=O. The Morgan fingerprint density at radius 2 is 2.29 bits per heavy atom. The van der Waals surface area contributed by atoms with Gasteiger partial charge in [0, 0.05) is 17.1 Å². The Kier molecular flexibility index (Phi) is 5.25. The topological polar surface area (TPSA) is 59.2 Å². The summed E-state index contributed by atoms with van der Waals surface area (Å²) in [7, 11) is 0. The zero-order chi connectivity index (χ0) is 15.4. The molecule has 0 spiro atoms. The maximum atomic E-state index is 13.6. The first-order valence-corrected chi connectivity index (χ1v) is 7.68. The van der Waals surface area contributed by atoms with Crippen molar-refractivity contribution in [3.63, 3.8) is 0 Å². The summed E-state index contributed by atoms with van der Waals surface area (Å²) in [5, 5.41) is -0.121. The fourth-order valence-corrected chi connectivity index (χ4v) is 3.12. The van der Waals surface area contributed by atoms with Crippen LogP contribution in [0.15, 0.2) is 23.1 Å². The van der Waals surface area contributed by atoms with E-state index < -0.39 is 5.82 Å². The van der Waals surface area contributed by atoms with E-state index in [4.69, 9.17) is 16.3 Å². The Labute approximate surface area is 129 Å². The van der Waals surface area contributed by atoms with Gasteiger partial charge in [-0.25, -0.2) is 4.39 Å². The number of rotatable bonds is 6. The van der Waals surface area contributed by atoms with Crippen molar-refractivity contribution in [2.75, 3.05) is 12.4 Å². The van der Waals surface area contributed by atoms with Crippen LogP contribution in [0.5, 0.6) is 0 Å². The van der Waals surface area contributed by atoms with Gasteiger partial charge in [0.15, 0.2) is 5.43 Å². The zero-order valence-electron chi connectivity index (χ0n) is 11.2. The number of carbonyl (C=O) groups is 1. The minimum absolute atomic E-state index is 0.0466. The molecule has 1 heterocycles. The lowest BCUT2D eigenvalue weighted by atomic mass is 10.1. The van der Waals surface area contributed by atoms with Crippen LogP contribution >= 0.6 is 23.4 Å². The minimum Gasteiger partial charge on any atom is -0.466 e. The highest BCUT2D eigenvalue weighted by molar-refractivity contribution is 7.99. The molecule has 2 rings (SSSR count). The molecule has 21 heavy (non-hydrogen) atoms. The van der Waals surface area contributed by atoms with Crippen molar-refractivity contribution in [3.05, 3.63) is 45.0 Å². The number of thioether (sulfide) groups is 1. The zero-order valence-corrected chi connectivity index (χ0v) is 12.8. The molecule has 2 aromatic rings. The Morgan fingerprint density at radius 1 is 1.52 bits per heavy atom. The normalized spacial score (nSPS) is 12.3. The van der Waals surface area contributed by atoms with Crippen LogP contribution in [0.1, 0.15) is 17.7 Å². The Balaban J connectivity index is 2.53. The molecule has 0 aliphatic carbocycles. The summed E-state index contributed by atoms with van der Waals surface area (Å²) in [4.78, 5) is 25.8. The molecule has 7 heteroatoms. The molecule has 1 aromatic carbocycles. The van der Waals surface area contributed by atoms with Crippen LogP contribution in [0.2, 0.25) is 5.02 Å². The molecule has 0 radical (unpaired) electrons. The third-order valence-electron chi connectivity index (χ3n) is 2.98. The smallest absolute Gasteiger partial charge is 0.293 e. The van der Waals surface area contributed by atoms with Crippen LogP contribution in [-0.2, 0) is 9.53 Å². The van der Waals surface area contributed by atoms with Crippen LogP contribution < -0.4 is 5.43 Å². The number of ether oxygens (including phenoxy) is 1. The average molecular weight is 330 g/mol. The number of pyridine rings is 1. The van der Waals surface area contributed by atoms with Crippen LogP contribution in [0.3, 0.4) is 0 Å². The fraction of sp³-hybridized carbons (Fsp3) is 0.286. The summed E-state index contributed by atoms with van der Waals surface area (Å²) in [6, 6.07) is 2.50. The number of H-pyrrole nitrogens is 1. The van der Waals surface area contributed by atoms with Crippen LogP contribution in [0.25, 0.3) is 10.9 Å². The van der Waals surface area contributed by atoms with Crippen molar-refractivity contribution in [2.45, 2.75) is 12.2 Å². The highest BCUT2D eigenvalue weighted by Crippen LogP contribution is 2.28. The monoisotopic (exact) mass is 329 g/mol. The molecule has 0 aliphatic heterocycles. The van der Waals surface area contributed by atoms with E-state index >= 15 is 0 Å². The maximum absolute atomic E-state index is 13.6. The molecule has 112 valence electrons. The van der Waals surface area contributed by atoms with E-state index in [2.05, 4.69) is 4.98 Å². The van der Waals surface area contributed by atoms with Crippen molar-refractivity contribution in [2.24, 2.45) is 0 Å². The fourth-order valence-electron chi connectivity index (χ4n) is 2.03. The van der Waals surface area contributed by atoms with E-state index in [0.717, 1.165) is 11.8 Å². The van der Waals surface area contributed by atoms with Gasteiger partial charge in [-0.05, 0) is 17.9 Å². The number of hydrogen-bond acceptors (Lipinski definition) is 4. The number of aromatic nitrogens is 1. The second-order valence-corrected chi connectivity index (χ2v) is 6.15. The van der Waals surface area contributed by atoms with Gasteiger partial charge in [0.1, 0.15) is 12.4 Å². The van der Waals surface area contributed by atoms with Gasteiger partial charge >= 0.3 is 0 Å². The van der Waals surface area contributed by atoms with Gasteiger partial charge in [0.2, 0.25) is 0 Å². The number of hydrogen-bond donors (Lipinski definition) is 1. The third kappa shape index (κ3) is 3.39. The molecular formula is C14H13ClFNO3S. The Bertz CT molecular complexity index is 719. The number of halogens is 2. The van der Waals surface area contributed by atoms with E-state index in [0.29, 0.717) is 17.6 Å². The second kappa shape index (κ2) is 6.95. The molecule has 1 atom stereocenters. The number of nitrogens with one attached hydrogen (secondary N) is 1. The summed E-state index contributed by atoms with van der Waals surface area (Å²) in [5.74, 6) is 0.106. The van der Waals surface area contributed by atoms with Gasteiger partial charge in [-0.2, -0.15) is 11.8 Å². The van der Waals surface area contributed by atoms with Crippen LogP contribution in [0, 0.1) is 5.82 Å². The lowest BCUT2D eigenvalue weighted by Crippen LogP contribution is -2.16. The number of carbonyl (C=O) groups excluding carboxylic acids is 1. The first-order chi connectivity index (χ1) is 10.1. The molecule has 4 nitrogen and oxygen atoms in total. The molecule has 1 N–H and O–H groups in total. The van der Waals surface area contributed by atoms with Gasteiger partial charge < -0.3 is 9.72 Å². The molecule has 0 saturated heterocycles. The molecular weight excluding hydrogens is 317 g/mol. The lowest BCUT2D eigenvalue weighted by molar-refractivity contribution is -0.128. The molecule has 1 unspecified atom stereocenters. The number of fused-ring (bicyclic) bond motifs is 1. The molecule has 0 amide bonds. The molecule has 0 saturated carbocycles. The van der Waals surface area contributed by atoms with E-state index in [-0.39, 0.29) is 27.7 Å². The van der Waals surface area contributed by atoms with E-state index in [1.807, 2.05) is 6.92 Å². The minimum atomic E-state index is -0.643. The maximum Gasteiger partial charge on any atom is 0.293 e. The second-order valence-electron chi connectivity index (χ2n) is 4.26. The first-order valence-electron chi connectivity index (χ1n) is 6.25. The largest absolute Gasteiger partial charge is 0.466 e. The number of benzene rings is 1. The molecule has 0 aliphatic rings. The summed E-state index contributed by atoms with van der Waals surface area (Å²) in [6.45, 7) is 2.37. The highest BCUT2D eigenvalue weighted by Gasteiger charge is 2.18. The molecule has 0 fully saturated rings. The summed E-state index contributed by atoms with van der Waals surface area (Å²) < 4.78 is 18.3. The number of aromatic amines is 1. The molecule has 1 aromatic heterocycles. The van der Waals surface area contributed by atoms with Gasteiger partial charge in [0.05, 0.1) is 15.8 Å². The Morgan fingerprint density at radius 3 is 2.95 bits per heavy atom. The third-order valence-corrected chi connectivity index (χ3v) is 4.40. The Hall–Kier alpha value is -1.53. The summed E-state index contributed by atoms with van der Waals surface area (Å²) in [5.41, 5.74) is 0.615. The first kappa shape index (κ1) is 15.9. The van der Waals surface area contributed by atoms with E-state index in [1.165, 1.54) is 17.8 Å². The summed E-state index contributed by atoms with van der Waals surface area (Å²) in [6.07, 6.45) is 1.56. The van der Waals surface area contributed by atoms with Crippen LogP contribution in [-0.4, -0.2) is 23.8 Å². The quantitative estimate of drug-likeness (QED) is 0.826. The predicted molar refractivity (Wildman–Crippen MR) is 82.4 cm³/mol. The van der Waals surface area contributed by atoms with Crippen molar-refractivity contribution in [3.8, 4) is 0 Å². The summed E-state index contributed by atoms with van der Waals surface area (Å²) >= 11 is 7.18.